The van der Waals surface area contributed by atoms with Crippen LogP contribution in [-0.2, 0) is 4.79 Å². The van der Waals surface area contributed by atoms with E-state index in [4.69, 9.17) is 0 Å². The van der Waals surface area contributed by atoms with Crippen LogP contribution in [0.25, 0.3) is 0 Å². The Kier molecular flexibility index (Phi) is 4.90. The predicted molar refractivity (Wildman–Crippen MR) is 94.3 cm³/mol. The zero-order chi connectivity index (χ0) is 18.1. The van der Waals surface area contributed by atoms with Crippen molar-refractivity contribution in [1.82, 2.24) is 14.7 Å². The van der Waals surface area contributed by atoms with Crippen LogP contribution in [0.5, 0.6) is 0 Å². The molecule has 3 rings (SSSR count). The van der Waals surface area contributed by atoms with Gasteiger partial charge in [0.15, 0.2) is 0 Å². The van der Waals surface area contributed by atoms with Crippen LogP contribution in [0.2, 0.25) is 0 Å². The van der Waals surface area contributed by atoms with Gasteiger partial charge in [-0.15, -0.1) is 0 Å². The molecule has 1 fully saturated rings. The van der Waals surface area contributed by atoms with E-state index in [1.807, 2.05) is 20.9 Å². The molecule has 1 saturated heterocycles. The van der Waals surface area contributed by atoms with Crippen molar-refractivity contribution in [3.05, 3.63) is 35.4 Å². The molecule has 25 heavy (non-hydrogen) atoms. The number of hydrogen-bond acceptors (Lipinski definition) is 4. The van der Waals surface area contributed by atoms with E-state index in [2.05, 4.69) is 4.90 Å². The molecule has 0 saturated carbocycles. The lowest BCUT2D eigenvalue weighted by molar-refractivity contribution is -0.137. The average molecular weight is 343 g/mol. The van der Waals surface area contributed by atoms with E-state index in [1.54, 1.807) is 29.2 Å². The first-order valence-electron chi connectivity index (χ1n) is 8.84. The summed E-state index contributed by atoms with van der Waals surface area (Å²) in [6.07, 6.45) is 0.483. The number of carbonyl (C=O) groups is 3. The van der Waals surface area contributed by atoms with Gasteiger partial charge in [0.2, 0.25) is 5.91 Å². The molecule has 2 heterocycles. The van der Waals surface area contributed by atoms with Crippen LogP contribution < -0.4 is 0 Å². The number of fused-ring (bicyclic) bond motifs is 1. The first-order valence-corrected chi connectivity index (χ1v) is 8.84. The Morgan fingerprint density at radius 3 is 2.00 bits per heavy atom. The van der Waals surface area contributed by atoms with Gasteiger partial charge in [-0.25, -0.2) is 0 Å². The third kappa shape index (κ3) is 3.31. The number of rotatable bonds is 4. The lowest BCUT2D eigenvalue weighted by Crippen LogP contribution is -2.55. The number of amides is 3. The minimum Gasteiger partial charge on any atom is -0.338 e. The normalized spacial score (nSPS) is 19.5. The third-order valence-corrected chi connectivity index (χ3v) is 4.93. The van der Waals surface area contributed by atoms with Crippen molar-refractivity contribution >= 4 is 17.7 Å². The zero-order valence-corrected chi connectivity index (χ0v) is 15.1. The second-order valence-corrected chi connectivity index (χ2v) is 7.30. The van der Waals surface area contributed by atoms with Gasteiger partial charge in [0.25, 0.3) is 11.8 Å². The average Bonchev–Trinajstić information content (AvgIpc) is 2.84. The van der Waals surface area contributed by atoms with E-state index in [0.717, 1.165) is 13.1 Å². The van der Waals surface area contributed by atoms with Crippen LogP contribution in [0, 0.1) is 5.92 Å². The topological polar surface area (TPSA) is 60.9 Å². The molecule has 0 bridgehead atoms. The number of likely N-dealkylation sites (N-methyl/N-ethyl adjacent to an activating group) is 1. The van der Waals surface area contributed by atoms with Crippen molar-refractivity contribution in [2.24, 2.45) is 5.92 Å². The minimum atomic E-state index is -0.726. The first kappa shape index (κ1) is 17.6. The van der Waals surface area contributed by atoms with E-state index in [1.165, 1.54) is 4.90 Å². The fourth-order valence-corrected chi connectivity index (χ4v) is 3.49. The fourth-order valence-electron chi connectivity index (χ4n) is 3.49. The smallest absolute Gasteiger partial charge is 0.262 e. The van der Waals surface area contributed by atoms with Crippen LogP contribution in [-0.4, -0.2) is 71.7 Å². The van der Waals surface area contributed by atoms with E-state index < -0.39 is 6.04 Å². The SMILES string of the molecule is CC(C)CC(C(=O)N1CCN(C)CC1)N1C(=O)c2ccccc2C1=O. The summed E-state index contributed by atoms with van der Waals surface area (Å²) < 4.78 is 0. The second-order valence-electron chi connectivity index (χ2n) is 7.30. The standard InChI is InChI=1S/C19H25N3O3/c1-13(2)12-16(19(25)21-10-8-20(3)9-11-21)22-17(23)14-6-4-5-7-15(14)18(22)24/h4-7,13,16H,8-12H2,1-3H3. The Bertz CT molecular complexity index is 658. The highest BCUT2D eigenvalue weighted by Crippen LogP contribution is 2.28. The summed E-state index contributed by atoms with van der Waals surface area (Å²) in [6.45, 7) is 6.88. The van der Waals surface area contributed by atoms with E-state index in [-0.39, 0.29) is 23.6 Å². The minimum absolute atomic E-state index is 0.115. The molecule has 6 heteroatoms. The summed E-state index contributed by atoms with van der Waals surface area (Å²) in [5.74, 6) is -0.621. The largest absolute Gasteiger partial charge is 0.338 e. The molecular weight excluding hydrogens is 318 g/mol. The first-order chi connectivity index (χ1) is 11.9. The Labute approximate surface area is 148 Å². The number of piperazine rings is 1. The second kappa shape index (κ2) is 6.96. The third-order valence-electron chi connectivity index (χ3n) is 4.93. The van der Waals surface area contributed by atoms with Crippen molar-refractivity contribution < 1.29 is 14.4 Å². The van der Waals surface area contributed by atoms with Crippen molar-refractivity contribution in [2.45, 2.75) is 26.3 Å². The molecule has 0 N–H and O–H groups in total. The fraction of sp³-hybridized carbons (Fsp3) is 0.526. The number of nitrogens with zero attached hydrogens (tertiary/aromatic N) is 3. The van der Waals surface area contributed by atoms with E-state index in [0.29, 0.717) is 30.6 Å². The molecule has 1 unspecified atom stereocenters. The molecule has 1 aromatic carbocycles. The van der Waals surface area contributed by atoms with Crippen molar-refractivity contribution in [2.75, 3.05) is 33.2 Å². The maximum atomic E-state index is 13.1. The molecule has 0 aromatic heterocycles. The highest BCUT2D eigenvalue weighted by atomic mass is 16.2. The quantitative estimate of drug-likeness (QED) is 0.777. The van der Waals surface area contributed by atoms with E-state index in [9.17, 15) is 14.4 Å². The number of benzene rings is 1. The lowest BCUT2D eigenvalue weighted by atomic mass is 10.0. The summed E-state index contributed by atoms with van der Waals surface area (Å²) in [5.41, 5.74) is 0.792. The maximum Gasteiger partial charge on any atom is 0.262 e. The molecule has 0 spiro atoms. The number of imide groups is 1. The van der Waals surface area contributed by atoms with Crippen LogP contribution in [0.3, 0.4) is 0 Å². The van der Waals surface area contributed by atoms with E-state index >= 15 is 0 Å². The highest BCUT2D eigenvalue weighted by Gasteiger charge is 2.44. The van der Waals surface area contributed by atoms with Crippen LogP contribution >= 0.6 is 0 Å². The Balaban J connectivity index is 1.88. The summed E-state index contributed by atoms with van der Waals surface area (Å²) in [6, 6.07) is 6.07. The molecule has 6 nitrogen and oxygen atoms in total. The molecule has 2 aliphatic heterocycles. The van der Waals surface area contributed by atoms with Crippen LogP contribution in [0.15, 0.2) is 24.3 Å². The molecule has 2 aliphatic rings. The monoisotopic (exact) mass is 343 g/mol. The number of carbonyl (C=O) groups excluding carboxylic acids is 3. The van der Waals surface area contributed by atoms with Crippen molar-refractivity contribution in [3.63, 3.8) is 0 Å². The van der Waals surface area contributed by atoms with Gasteiger partial charge >= 0.3 is 0 Å². The van der Waals surface area contributed by atoms with Crippen molar-refractivity contribution in [3.8, 4) is 0 Å². The van der Waals surface area contributed by atoms with Gasteiger partial charge in [-0.2, -0.15) is 0 Å². The van der Waals surface area contributed by atoms with Gasteiger partial charge in [-0.3, -0.25) is 19.3 Å². The molecular formula is C19H25N3O3. The summed E-state index contributed by atoms with van der Waals surface area (Å²) in [5, 5.41) is 0. The predicted octanol–water partition coefficient (Wildman–Crippen LogP) is 1.47. The summed E-state index contributed by atoms with van der Waals surface area (Å²) >= 11 is 0. The Morgan fingerprint density at radius 2 is 1.52 bits per heavy atom. The maximum absolute atomic E-state index is 13.1. The molecule has 0 aliphatic carbocycles. The lowest BCUT2D eigenvalue weighted by Gasteiger charge is -2.37. The molecule has 1 aromatic rings. The van der Waals surface area contributed by atoms with Gasteiger partial charge < -0.3 is 9.80 Å². The molecule has 0 radical (unpaired) electrons. The van der Waals surface area contributed by atoms with Gasteiger partial charge in [0.1, 0.15) is 6.04 Å². The van der Waals surface area contributed by atoms with Gasteiger partial charge in [-0.1, -0.05) is 26.0 Å². The Hall–Kier alpha value is -2.21. The Morgan fingerprint density at radius 1 is 1.00 bits per heavy atom. The summed E-state index contributed by atoms with van der Waals surface area (Å²) in [7, 11) is 2.03. The van der Waals surface area contributed by atoms with Gasteiger partial charge in [-0.05, 0) is 31.5 Å². The van der Waals surface area contributed by atoms with Gasteiger partial charge in [0.05, 0.1) is 11.1 Å². The number of hydrogen-bond donors (Lipinski definition) is 0. The highest BCUT2D eigenvalue weighted by molar-refractivity contribution is 6.22. The van der Waals surface area contributed by atoms with Crippen LogP contribution in [0.1, 0.15) is 41.0 Å². The van der Waals surface area contributed by atoms with Crippen molar-refractivity contribution in [1.29, 1.82) is 0 Å². The van der Waals surface area contributed by atoms with Crippen LogP contribution in [0.4, 0.5) is 0 Å². The zero-order valence-electron chi connectivity index (χ0n) is 15.1. The van der Waals surface area contributed by atoms with Gasteiger partial charge in [0, 0.05) is 26.2 Å². The molecule has 1 atom stereocenters. The molecule has 134 valence electrons. The molecule has 3 amide bonds. The summed E-state index contributed by atoms with van der Waals surface area (Å²) in [4.78, 5) is 43.9.